The average molecular weight is 494 g/mol. The monoisotopic (exact) mass is 493 g/mol. The maximum atomic E-state index is 14.3. The van der Waals surface area contributed by atoms with Crippen LogP contribution in [0.4, 0.5) is 15.8 Å². The van der Waals surface area contributed by atoms with Crippen molar-refractivity contribution in [3.05, 3.63) is 53.8 Å². The van der Waals surface area contributed by atoms with Crippen LogP contribution in [0.2, 0.25) is 0 Å². The topological polar surface area (TPSA) is 105 Å². The van der Waals surface area contributed by atoms with Gasteiger partial charge in [0.25, 0.3) is 5.91 Å². The van der Waals surface area contributed by atoms with Gasteiger partial charge in [-0.1, -0.05) is 0 Å². The quantitative estimate of drug-likeness (QED) is 0.535. The maximum absolute atomic E-state index is 14.3. The third-order valence-electron chi connectivity index (χ3n) is 5.37. The lowest BCUT2D eigenvalue weighted by Crippen LogP contribution is -2.41. The highest BCUT2D eigenvalue weighted by molar-refractivity contribution is 7.89. The molecule has 1 saturated heterocycles. The normalized spacial score (nSPS) is 14.4. The van der Waals surface area contributed by atoms with Crippen LogP contribution in [0.15, 0.2) is 47.4 Å². The lowest BCUT2D eigenvalue weighted by Gasteiger charge is -2.26. The van der Waals surface area contributed by atoms with Gasteiger partial charge >= 0.3 is 5.97 Å². The summed E-state index contributed by atoms with van der Waals surface area (Å²) in [6.45, 7) is 5.82. The summed E-state index contributed by atoms with van der Waals surface area (Å²) in [7, 11) is -4.15. The van der Waals surface area contributed by atoms with Crippen LogP contribution in [0, 0.1) is 5.82 Å². The zero-order valence-corrected chi connectivity index (χ0v) is 19.9. The average Bonchev–Trinajstić information content (AvgIpc) is 2.85. The molecule has 1 aliphatic heterocycles. The number of nitrogens with zero attached hydrogens (tertiary/aromatic N) is 2. The second-order valence-electron chi connectivity index (χ2n) is 7.51. The van der Waals surface area contributed by atoms with Gasteiger partial charge in [0, 0.05) is 37.6 Å². The van der Waals surface area contributed by atoms with Crippen LogP contribution in [0.1, 0.15) is 24.2 Å². The van der Waals surface area contributed by atoms with Crippen molar-refractivity contribution in [3.8, 4) is 0 Å². The number of ether oxygens (including phenoxy) is 2. The number of esters is 1. The molecule has 0 radical (unpaired) electrons. The minimum atomic E-state index is -4.15. The SMILES string of the molecule is CCN(CC)c1ccc(NC(=O)COC(=O)c2ccc(F)c(S(=O)(=O)N3CCOCC3)c2)cc1. The number of sulfonamides is 1. The number of anilines is 2. The van der Waals surface area contributed by atoms with Crippen molar-refractivity contribution in [1.82, 2.24) is 4.31 Å². The van der Waals surface area contributed by atoms with Crippen molar-refractivity contribution in [2.24, 2.45) is 0 Å². The predicted molar refractivity (Wildman–Crippen MR) is 125 cm³/mol. The van der Waals surface area contributed by atoms with E-state index in [-0.39, 0.29) is 31.9 Å². The smallest absolute Gasteiger partial charge is 0.338 e. The second kappa shape index (κ2) is 11.4. The van der Waals surface area contributed by atoms with E-state index in [1.165, 1.54) is 0 Å². The number of carbonyl (C=O) groups excluding carboxylic acids is 2. The van der Waals surface area contributed by atoms with Crippen molar-refractivity contribution in [1.29, 1.82) is 0 Å². The first-order valence-corrected chi connectivity index (χ1v) is 12.4. The number of benzene rings is 2. The number of hydrogen-bond donors (Lipinski definition) is 1. The highest BCUT2D eigenvalue weighted by Crippen LogP contribution is 2.22. The van der Waals surface area contributed by atoms with E-state index in [0.717, 1.165) is 41.3 Å². The Kier molecular flexibility index (Phi) is 8.59. The van der Waals surface area contributed by atoms with Gasteiger partial charge in [-0.15, -0.1) is 0 Å². The van der Waals surface area contributed by atoms with Crippen molar-refractivity contribution in [2.75, 3.05) is 56.2 Å². The molecule has 3 rings (SSSR count). The third-order valence-corrected chi connectivity index (χ3v) is 7.28. The zero-order chi connectivity index (χ0) is 24.7. The fourth-order valence-corrected chi connectivity index (χ4v) is 5.01. The molecule has 184 valence electrons. The molecule has 2 aromatic carbocycles. The Morgan fingerprint density at radius 3 is 2.35 bits per heavy atom. The molecule has 0 aromatic heterocycles. The Morgan fingerprint density at radius 1 is 1.09 bits per heavy atom. The maximum Gasteiger partial charge on any atom is 0.338 e. The van der Waals surface area contributed by atoms with Crippen molar-refractivity contribution in [2.45, 2.75) is 18.7 Å². The minimum absolute atomic E-state index is 0.0898. The summed E-state index contributed by atoms with van der Waals surface area (Å²) in [4.78, 5) is 26.1. The predicted octanol–water partition coefficient (Wildman–Crippen LogP) is 2.49. The van der Waals surface area contributed by atoms with Gasteiger partial charge in [0.15, 0.2) is 6.61 Å². The van der Waals surface area contributed by atoms with Crippen LogP contribution in [-0.4, -0.2) is 70.6 Å². The van der Waals surface area contributed by atoms with Crippen LogP contribution in [-0.2, 0) is 24.3 Å². The molecule has 0 spiro atoms. The summed E-state index contributed by atoms with van der Waals surface area (Å²) in [5, 5.41) is 2.63. The Morgan fingerprint density at radius 2 is 1.74 bits per heavy atom. The van der Waals surface area contributed by atoms with E-state index in [1.54, 1.807) is 12.1 Å². The van der Waals surface area contributed by atoms with Gasteiger partial charge in [-0.3, -0.25) is 4.79 Å². The first-order chi connectivity index (χ1) is 16.3. The molecule has 9 nitrogen and oxygen atoms in total. The van der Waals surface area contributed by atoms with Gasteiger partial charge in [0.2, 0.25) is 10.0 Å². The molecule has 11 heteroatoms. The van der Waals surface area contributed by atoms with Gasteiger partial charge in [-0.25, -0.2) is 17.6 Å². The van der Waals surface area contributed by atoms with Gasteiger partial charge in [-0.05, 0) is 56.3 Å². The van der Waals surface area contributed by atoms with E-state index >= 15 is 0 Å². The van der Waals surface area contributed by atoms with Crippen LogP contribution in [0.3, 0.4) is 0 Å². The molecule has 0 aliphatic carbocycles. The van der Waals surface area contributed by atoms with E-state index in [0.29, 0.717) is 5.69 Å². The molecular formula is C23H28FN3O6S. The molecule has 1 aliphatic rings. The molecule has 1 heterocycles. The molecule has 2 aromatic rings. The number of morpholine rings is 1. The first-order valence-electron chi connectivity index (χ1n) is 11.0. The van der Waals surface area contributed by atoms with E-state index in [2.05, 4.69) is 24.1 Å². The van der Waals surface area contributed by atoms with Gasteiger partial charge < -0.3 is 19.7 Å². The van der Waals surface area contributed by atoms with Gasteiger partial charge in [-0.2, -0.15) is 4.31 Å². The fourth-order valence-electron chi connectivity index (χ4n) is 3.51. The summed E-state index contributed by atoms with van der Waals surface area (Å²) in [6, 6.07) is 10.2. The number of halogens is 1. The van der Waals surface area contributed by atoms with Crippen LogP contribution >= 0.6 is 0 Å². The number of amides is 1. The molecule has 34 heavy (non-hydrogen) atoms. The Balaban J connectivity index is 1.61. The standard InChI is InChI=1S/C23H28FN3O6S/c1-3-26(4-2)19-8-6-18(7-9-19)25-22(28)16-33-23(29)17-5-10-20(24)21(15-17)34(30,31)27-11-13-32-14-12-27/h5-10,15H,3-4,11-14,16H2,1-2H3,(H,25,28). The van der Waals surface area contributed by atoms with Gasteiger partial charge in [0.1, 0.15) is 10.7 Å². The number of rotatable bonds is 9. The van der Waals surface area contributed by atoms with Crippen molar-refractivity contribution >= 4 is 33.3 Å². The van der Waals surface area contributed by atoms with E-state index in [1.807, 2.05) is 12.1 Å². The van der Waals surface area contributed by atoms with E-state index in [4.69, 9.17) is 9.47 Å². The number of hydrogen-bond acceptors (Lipinski definition) is 7. The van der Waals surface area contributed by atoms with Crippen molar-refractivity contribution < 1.29 is 31.9 Å². The zero-order valence-electron chi connectivity index (χ0n) is 19.1. The highest BCUT2D eigenvalue weighted by atomic mass is 32.2. The summed E-state index contributed by atoms with van der Waals surface area (Å²) in [5.74, 6) is -2.48. The molecule has 0 atom stereocenters. The van der Waals surface area contributed by atoms with Gasteiger partial charge in [0.05, 0.1) is 18.8 Å². The highest BCUT2D eigenvalue weighted by Gasteiger charge is 2.30. The second-order valence-corrected chi connectivity index (χ2v) is 9.41. The van der Waals surface area contributed by atoms with Crippen LogP contribution in [0.5, 0.6) is 0 Å². The first kappa shape index (κ1) is 25.6. The number of nitrogens with one attached hydrogen (secondary N) is 1. The molecule has 0 saturated carbocycles. The van der Waals surface area contributed by atoms with E-state index < -0.39 is 39.2 Å². The summed E-state index contributed by atoms with van der Waals surface area (Å²) in [5.41, 5.74) is 1.39. The number of carbonyl (C=O) groups is 2. The van der Waals surface area contributed by atoms with Crippen LogP contribution in [0.25, 0.3) is 0 Å². The summed E-state index contributed by atoms with van der Waals surface area (Å²) >= 11 is 0. The molecule has 1 amide bonds. The molecule has 0 unspecified atom stereocenters. The van der Waals surface area contributed by atoms with E-state index in [9.17, 15) is 22.4 Å². The largest absolute Gasteiger partial charge is 0.452 e. The molecule has 1 fully saturated rings. The Bertz CT molecular complexity index is 1110. The Hall–Kier alpha value is -3.02. The summed E-state index contributed by atoms with van der Waals surface area (Å²) < 4.78 is 51.1. The van der Waals surface area contributed by atoms with Crippen molar-refractivity contribution in [3.63, 3.8) is 0 Å². The minimum Gasteiger partial charge on any atom is -0.452 e. The molecular weight excluding hydrogens is 465 g/mol. The van der Waals surface area contributed by atoms with Crippen LogP contribution < -0.4 is 10.2 Å². The lowest BCUT2D eigenvalue weighted by molar-refractivity contribution is -0.119. The molecule has 1 N–H and O–H groups in total. The fraction of sp³-hybridized carbons (Fsp3) is 0.391. The summed E-state index contributed by atoms with van der Waals surface area (Å²) in [6.07, 6.45) is 0. The third kappa shape index (κ3) is 6.10. The lowest BCUT2D eigenvalue weighted by atomic mass is 10.2. The Labute approximate surface area is 198 Å². The molecule has 0 bridgehead atoms.